The summed E-state index contributed by atoms with van der Waals surface area (Å²) >= 11 is 0. The number of hydrogen-bond acceptors (Lipinski definition) is 1. The molecule has 0 spiro atoms. The van der Waals surface area contributed by atoms with Crippen LogP contribution in [-0.2, 0) is 0 Å². The number of amides is 2. The van der Waals surface area contributed by atoms with E-state index in [-0.39, 0.29) is 12.1 Å². The minimum absolute atomic E-state index is 0.0560. The Morgan fingerprint density at radius 2 is 1.54 bits per heavy atom. The molecular formula is C25H22N2O. The van der Waals surface area contributed by atoms with Crippen LogP contribution in [0.25, 0.3) is 0 Å². The first-order valence-corrected chi connectivity index (χ1v) is 9.59. The van der Waals surface area contributed by atoms with Gasteiger partial charge in [-0.05, 0) is 48.7 Å². The van der Waals surface area contributed by atoms with Crippen molar-refractivity contribution in [1.82, 2.24) is 4.90 Å². The molecule has 4 rings (SSSR count). The van der Waals surface area contributed by atoms with Crippen LogP contribution in [0, 0.1) is 11.8 Å². The van der Waals surface area contributed by atoms with Gasteiger partial charge >= 0.3 is 6.03 Å². The van der Waals surface area contributed by atoms with E-state index in [0.717, 1.165) is 36.2 Å². The maximum atomic E-state index is 12.9. The SMILES string of the molecule is O=C(Nc1cccc(C#Cc2ccccc2)c1)N1CCCC1c1ccccc1. The number of nitrogens with one attached hydrogen (secondary N) is 1. The largest absolute Gasteiger partial charge is 0.322 e. The Morgan fingerprint density at radius 3 is 2.32 bits per heavy atom. The van der Waals surface area contributed by atoms with Crippen LogP contribution in [0.1, 0.15) is 35.6 Å². The van der Waals surface area contributed by atoms with Crippen LogP contribution in [0.5, 0.6) is 0 Å². The Bertz CT molecular complexity index is 1000. The van der Waals surface area contributed by atoms with Crippen LogP contribution in [0.3, 0.4) is 0 Å². The van der Waals surface area contributed by atoms with Crippen molar-refractivity contribution in [2.24, 2.45) is 0 Å². The highest BCUT2D eigenvalue weighted by atomic mass is 16.2. The molecule has 0 radical (unpaired) electrons. The molecule has 1 atom stereocenters. The molecule has 0 aromatic heterocycles. The van der Waals surface area contributed by atoms with Crippen LogP contribution in [0.2, 0.25) is 0 Å². The van der Waals surface area contributed by atoms with E-state index in [2.05, 4.69) is 29.3 Å². The highest BCUT2D eigenvalue weighted by Gasteiger charge is 2.29. The van der Waals surface area contributed by atoms with Crippen molar-refractivity contribution in [2.75, 3.05) is 11.9 Å². The van der Waals surface area contributed by atoms with E-state index in [4.69, 9.17) is 0 Å². The van der Waals surface area contributed by atoms with Crippen molar-refractivity contribution in [3.8, 4) is 11.8 Å². The van der Waals surface area contributed by atoms with Gasteiger partial charge < -0.3 is 10.2 Å². The third kappa shape index (κ3) is 4.24. The molecule has 2 amide bonds. The molecule has 28 heavy (non-hydrogen) atoms. The molecule has 1 N–H and O–H groups in total. The Hall–Kier alpha value is -3.51. The molecule has 1 heterocycles. The first-order chi connectivity index (χ1) is 13.8. The molecule has 1 unspecified atom stereocenters. The molecule has 0 saturated carbocycles. The number of nitrogens with zero attached hydrogens (tertiary/aromatic N) is 1. The second-order valence-corrected chi connectivity index (χ2v) is 6.89. The van der Waals surface area contributed by atoms with E-state index in [1.165, 1.54) is 5.56 Å². The third-order valence-electron chi connectivity index (χ3n) is 4.94. The Labute approximate surface area is 166 Å². The van der Waals surface area contributed by atoms with Gasteiger partial charge in [-0.1, -0.05) is 66.4 Å². The first-order valence-electron chi connectivity index (χ1n) is 9.59. The average molecular weight is 366 g/mol. The van der Waals surface area contributed by atoms with Crippen LogP contribution in [0.15, 0.2) is 84.9 Å². The van der Waals surface area contributed by atoms with E-state index in [0.29, 0.717) is 0 Å². The normalized spacial score (nSPS) is 15.6. The minimum atomic E-state index is -0.0560. The lowest BCUT2D eigenvalue weighted by molar-refractivity contribution is 0.207. The summed E-state index contributed by atoms with van der Waals surface area (Å²) in [5.41, 5.74) is 3.81. The van der Waals surface area contributed by atoms with E-state index >= 15 is 0 Å². The summed E-state index contributed by atoms with van der Waals surface area (Å²) < 4.78 is 0. The fourth-order valence-electron chi connectivity index (χ4n) is 3.57. The van der Waals surface area contributed by atoms with Crippen molar-refractivity contribution < 1.29 is 4.79 Å². The van der Waals surface area contributed by atoms with E-state index < -0.39 is 0 Å². The predicted molar refractivity (Wildman–Crippen MR) is 113 cm³/mol. The molecule has 3 nitrogen and oxygen atoms in total. The fraction of sp³-hybridized carbons (Fsp3) is 0.160. The second kappa shape index (κ2) is 8.45. The van der Waals surface area contributed by atoms with Crippen molar-refractivity contribution in [2.45, 2.75) is 18.9 Å². The lowest BCUT2D eigenvalue weighted by Crippen LogP contribution is -2.34. The maximum Gasteiger partial charge on any atom is 0.322 e. The molecule has 0 aliphatic carbocycles. The lowest BCUT2D eigenvalue weighted by atomic mass is 10.1. The van der Waals surface area contributed by atoms with Crippen LogP contribution < -0.4 is 5.32 Å². The van der Waals surface area contributed by atoms with Crippen molar-refractivity contribution in [3.63, 3.8) is 0 Å². The number of carbonyl (C=O) groups is 1. The summed E-state index contributed by atoms with van der Waals surface area (Å²) in [5, 5.41) is 3.04. The zero-order chi connectivity index (χ0) is 19.2. The fourth-order valence-corrected chi connectivity index (χ4v) is 3.57. The van der Waals surface area contributed by atoms with Gasteiger partial charge in [-0.25, -0.2) is 4.79 Å². The van der Waals surface area contributed by atoms with Gasteiger partial charge in [0, 0.05) is 23.4 Å². The Morgan fingerprint density at radius 1 is 0.857 bits per heavy atom. The Kier molecular flexibility index (Phi) is 5.40. The van der Waals surface area contributed by atoms with Crippen LogP contribution in [0.4, 0.5) is 10.5 Å². The van der Waals surface area contributed by atoms with Gasteiger partial charge in [-0.15, -0.1) is 0 Å². The summed E-state index contributed by atoms with van der Waals surface area (Å²) in [5.74, 6) is 6.32. The Balaban J connectivity index is 1.47. The average Bonchev–Trinajstić information content (AvgIpc) is 3.24. The highest BCUT2D eigenvalue weighted by molar-refractivity contribution is 5.90. The lowest BCUT2D eigenvalue weighted by Gasteiger charge is -2.25. The van der Waals surface area contributed by atoms with Gasteiger partial charge in [0.2, 0.25) is 0 Å². The van der Waals surface area contributed by atoms with Gasteiger partial charge in [0.25, 0.3) is 0 Å². The summed E-state index contributed by atoms with van der Waals surface area (Å²) in [7, 11) is 0. The first kappa shape index (κ1) is 17.9. The van der Waals surface area contributed by atoms with Crippen molar-refractivity contribution in [3.05, 3.63) is 102 Å². The molecule has 3 heteroatoms. The van der Waals surface area contributed by atoms with E-state index in [1.54, 1.807) is 0 Å². The number of benzene rings is 3. The molecule has 1 aliphatic rings. The van der Waals surface area contributed by atoms with E-state index in [1.807, 2.05) is 77.7 Å². The molecule has 3 aromatic rings. The number of urea groups is 1. The van der Waals surface area contributed by atoms with Crippen LogP contribution >= 0.6 is 0 Å². The van der Waals surface area contributed by atoms with Crippen LogP contribution in [-0.4, -0.2) is 17.5 Å². The predicted octanol–water partition coefficient (Wildman–Crippen LogP) is 5.46. The molecule has 1 aliphatic heterocycles. The second-order valence-electron chi connectivity index (χ2n) is 6.89. The number of hydrogen-bond donors (Lipinski definition) is 1. The third-order valence-corrected chi connectivity index (χ3v) is 4.94. The topological polar surface area (TPSA) is 32.3 Å². The zero-order valence-corrected chi connectivity index (χ0v) is 15.6. The zero-order valence-electron chi connectivity index (χ0n) is 15.6. The van der Waals surface area contributed by atoms with Gasteiger partial charge in [-0.2, -0.15) is 0 Å². The summed E-state index contributed by atoms with van der Waals surface area (Å²) in [6.45, 7) is 0.777. The summed E-state index contributed by atoms with van der Waals surface area (Å²) in [4.78, 5) is 14.8. The standard InChI is InChI=1S/C25H22N2O/c28-25(27-18-8-15-24(27)22-12-5-2-6-13-22)26-23-14-7-11-21(19-23)17-16-20-9-3-1-4-10-20/h1-7,9-14,19,24H,8,15,18H2,(H,26,28). The molecule has 1 fully saturated rings. The number of rotatable bonds is 2. The molecule has 0 bridgehead atoms. The number of likely N-dealkylation sites (tertiary alicyclic amines) is 1. The number of anilines is 1. The van der Waals surface area contributed by atoms with E-state index in [9.17, 15) is 4.79 Å². The van der Waals surface area contributed by atoms with Crippen molar-refractivity contribution >= 4 is 11.7 Å². The van der Waals surface area contributed by atoms with Gasteiger partial charge in [-0.3, -0.25) is 0 Å². The smallest absolute Gasteiger partial charge is 0.317 e. The molecular weight excluding hydrogens is 344 g/mol. The monoisotopic (exact) mass is 366 g/mol. The summed E-state index contributed by atoms with van der Waals surface area (Å²) in [6.07, 6.45) is 2.02. The highest BCUT2D eigenvalue weighted by Crippen LogP contribution is 2.32. The number of carbonyl (C=O) groups excluding carboxylic acids is 1. The molecule has 138 valence electrons. The van der Waals surface area contributed by atoms with Gasteiger partial charge in [0.15, 0.2) is 0 Å². The quantitative estimate of drug-likeness (QED) is 0.601. The minimum Gasteiger partial charge on any atom is -0.317 e. The van der Waals surface area contributed by atoms with Gasteiger partial charge in [0.05, 0.1) is 6.04 Å². The van der Waals surface area contributed by atoms with Crippen molar-refractivity contribution in [1.29, 1.82) is 0 Å². The van der Waals surface area contributed by atoms with Gasteiger partial charge in [0.1, 0.15) is 0 Å². The summed E-state index contributed by atoms with van der Waals surface area (Å²) in [6, 6.07) is 27.9. The molecule has 1 saturated heterocycles. The molecule has 3 aromatic carbocycles. The maximum absolute atomic E-state index is 12.9.